The predicted molar refractivity (Wildman–Crippen MR) is 79.0 cm³/mol. The van der Waals surface area contributed by atoms with Gasteiger partial charge in [-0.15, -0.1) is 0 Å². The Morgan fingerprint density at radius 3 is 2.39 bits per heavy atom. The molecule has 0 aromatic heterocycles. The Hall–Kier alpha value is -0.820. The highest BCUT2D eigenvalue weighted by Crippen LogP contribution is 2.36. The van der Waals surface area contributed by atoms with Crippen molar-refractivity contribution in [2.45, 2.75) is 63.8 Å². The smallest absolute Gasteiger partial charge is 0.0317 e. The van der Waals surface area contributed by atoms with Gasteiger partial charge in [0.2, 0.25) is 0 Å². The monoisotopic (exact) mass is 245 g/mol. The van der Waals surface area contributed by atoms with Gasteiger partial charge in [-0.25, -0.2) is 0 Å². The van der Waals surface area contributed by atoms with Gasteiger partial charge in [0.05, 0.1) is 0 Å². The molecule has 1 unspecified atom stereocenters. The molecule has 1 heteroatoms. The van der Waals surface area contributed by atoms with Crippen LogP contribution in [0.25, 0.3) is 0 Å². The Kier molecular flexibility index (Phi) is 5.25. The van der Waals surface area contributed by atoms with Gasteiger partial charge in [0.25, 0.3) is 0 Å². The topological polar surface area (TPSA) is 12.0 Å². The minimum absolute atomic E-state index is 0.534. The number of unbranched alkanes of at least 4 members (excludes halogenated alkanes) is 2. The van der Waals surface area contributed by atoms with Crippen LogP contribution in [0.5, 0.6) is 0 Å². The lowest BCUT2D eigenvalue weighted by Gasteiger charge is -2.26. The van der Waals surface area contributed by atoms with Crippen LogP contribution >= 0.6 is 0 Å². The number of benzene rings is 1. The van der Waals surface area contributed by atoms with E-state index < -0.39 is 0 Å². The third kappa shape index (κ3) is 3.35. The lowest BCUT2D eigenvalue weighted by Crippen LogP contribution is -2.16. The Labute approximate surface area is 112 Å². The van der Waals surface area contributed by atoms with E-state index in [1.54, 1.807) is 5.56 Å². The normalized spacial score (nSPS) is 17.4. The second kappa shape index (κ2) is 6.94. The fourth-order valence-electron chi connectivity index (χ4n) is 2.82. The summed E-state index contributed by atoms with van der Waals surface area (Å²) in [5, 5.41) is 3.45. The maximum Gasteiger partial charge on any atom is 0.0317 e. The number of nitrogens with one attached hydrogen (secondary N) is 1. The molecule has 1 aliphatic rings. The summed E-state index contributed by atoms with van der Waals surface area (Å²) in [4.78, 5) is 0. The van der Waals surface area contributed by atoms with Crippen molar-refractivity contribution in [2.75, 3.05) is 7.05 Å². The molecule has 0 saturated heterocycles. The third-order valence-corrected chi connectivity index (χ3v) is 4.36. The van der Waals surface area contributed by atoms with Crippen molar-refractivity contribution in [2.24, 2.45) is 0 Å². The molecular weight excluding hydrogens is 218 g/mol. The van der Waals surface area contributed by atoms with Crippen LogP contribution in [-0.4, -0.2) is 7.05 Å². The minimum atomic E-state index is 0.534. The number of rotatable bonds is 7. The highest BCUT2D eigenvalue weighted by molar-refractivity contribution is 5.28. The molecule has 1 nitrogen and oxygen atoms in total. The highest BCUT2D eigenvalue weighted by Gasteiger charge is 2.19. The molecular formula is C17H27N. The first-order valence-corrected chi connectivity index (χ1v) is 7.62. The van der Waals surface area contributed by atoms with Gasteiger partial charge in [-0.3, -0.25) is 0 Å². The standard InChI is InChI=1S/C17H27N/c1-3-4-5-9-17(18-2)16-12-10-15(11-13-16)14-7-6-8-14/h10-14,17-18H,3-9H2,1-2H3. The molecule has 1 aromatic carbocycles. The maximum atomic E-state index is 3.45. The van der Waals surface area contributed by atoms with Crippen LogP contribution in [0.4, 0.5) is 0 Å². The van der Waals surface area contributed by atoms with Crippen LogP contribution in [0.15, 0.2) is 24.3 Å². The lowest BCUT2D eigenvalue weighted by molar-refractivity contribution is 0.419. The van der Waals surface area contributed by atoms with Crippen molar-refractivity contribution < 1.29 is 0 Å². The van der Waals surface area contributed by atoms with Gasteiger partial charge in [-0.1, -0.05) is 56.9 Å². The fourth-order valence-corrected chi connectivity index (χ4v) is 2.82. The summed E-state index contributed by atoms with van der Waals surface area (Å²) in [6.45, 7) is 2.27. The molecule has 1 fully saturated rings. The van der Waals surface area contributed by atoms with Crippen molar-refractivity contribution in [1.82, 2.24) is 5.32 Å². The maximum absolute atomic E-state index is 3.45. The van der Waals surface area contributed by atoms with Gasteiger partial charge < -0.3 is 5.32 Å². The SMILES string of the molecule is CCCCCC(NC)c1ccc(C2CCC2)cc1. The molecule has 0 spiro atoms. The van der Waals surface area contributed by atoms with Crippen LogP contribution in [0, 0.1) is 0 Å². The molecule has 1 atom stereocenters. The predicted octanol–water partition coefficient (Wildman–Crippen LogP) is 4.79. The second-order valence-electron chi connectivity index (χ2n) is 5.63. The molecule has 0 heterocycles. The summed E-state index contributed by atoms with van der Waals surface area (Å²) < 4.78 is 0. The summed E-state index contributed by atoms with van der Waals surface area (Å²) in [5.74, 6) is 0.854. The third-order valence-electron chi connectivity index (χ3n) is 4.36. The first-order chi connectivity index (χ1) is 8.85. The van der Waals surface area contributed by atoms with E-state index >= 15 is 0 Å². The first kappa shape index (κ1) is 13.6. The number of hydrogen-bond donors (Lipinski definition) is 1. The van der Waals surface area contributed by atoms with Gasteiger partial charge in [0, 0.05) is 6.04 Å². The van der Waals surface area contributed by atoms with Gasteiger partial charge in [0.1, 0.15) is 0 Å². The molecule has 1 aliphatic carbocycles. The van der Waals surface area contributed by atoms with E-state index in [-0.39, 0.29) is 0 Å². The Bertz CT molecular complexity index is 337. The lowest BCUT2D eigenvalue weighted by atomic mass is 9.80. The largest absolute Gasteiger partial charge is 0.313 e. The second-order valence-corrected chi connectivity index (χ2v) is 5.63. The molecule has 1 saturated carbocycles. The van der Waals surface area contributed by atoms with Crippen molar-refractivity contribution in [3.63, 3.8) is 0 Å². The van der Waals surface area contributed by atoms with Gasteiger partial charge in [-0.05, 0) is 43.4 Å². The average Bonchev–Trinajstić information content (AvgIpc) is 2.34. The van der Waals surface area contributed by atoms with Gasteiger partial charge >= 0.3 is 0 Å². The molecule has 2 rings (SSSR count). The summed E-state index contributed by atoms with van der Waals surface area (Å²) in [6.07, 6.45) is 9.44. The van der Waals surface area contributed by atoms with Crippen LogP contribution in [0.3, 0.4) is 0 Å². The molecule has 0 radical (unpaired) electrons. The Balaban J connectivity index is 1.93. The van der Waals surface area contributed by atoms with Crippen molar-refractivity contribution >= 4 is 0 Å². The molecule has 1 aromatic rings. The number of hydrogen-bond acceptors (Lipinski definition) is 1. The zero-order valence-corrected chi connectivity index (χ0v) is 11.9. The molecule has 0 bridgehead atoms. The van der Waals surface area contributed by atoms with Crippen LogP contribution < -0.4 is 5.32 Å². The van der Waals surface area contributed by atoms with E-state index in [2.05, 4.69) is 43.6 Å². The zero-order chi connectivity index (χ0) is 12.8. The Morgan fingerprint density at radius 1 is 1.17 bits per heavy atom. The van der Waals surface area contributed by atoms with E-state index in [0.717, 1.165) is 5.92 Å². The molecule has 18 heavy (non-hydrogen) atoms. The molecule has 0 aliphatic heterocycles. The summed E-state index contributed by atoms with van der Waals surface area (Å²) >= 11 is 0. The first-order valence-electron chi connectivity index (χ1n) is 7.62. The van der Waals surface area contributed by atoms with E-state index in [1.165, 1.54) is 50.5 Å². The minimum Gasteiger partial charge on any atom is -0.313 e. The van der Waals surface area contributed by atoms with E-state index in [4.69, 9.17) is 0 Å². The molecule has 0 amide bonds. The summed E-state index contributed by atoms with van der Waals surface area (Å²) in [6, 6.07) is 9.90. The zero-order valence-electron chi connectivity index (χ0n) is 11.9. The van der Waals surface area contributed by atoms with E-state index in [0.29, 0.717) is 6.04 Å². The van der Waals surface area contributed by atoms with Crippen LogP contribution in [0.1, 0.15) is 75.0 Å². The van der Waals surface area contributed by atoms with E-state index in [1.807, 2.05) is 0 Å². The van der Waals surface area contributed by atoms with Crippen molar-refractivity contribution in [3.05, 3.63) is 35.4 Å². The van der Waals surface area contributed by atoms with Crippen molar-refractivity contribution in [3.8, 4) is 0 Å². The van der Waals surface area contributed by atoms with Crippen LogP contribution in [-0.2, 0) is 0 Å². The van der Waals surface area contributed by atoms with Crippen molar-refractivity contribution in [1.29, 1.82) is 0 Å². The molecule has 1 N–H and O–H groups in total. The molecule has 100 valence electrons. The average molecular weight is 245 g/mol. The highest BCUT2D eigenvalue weighted by atomic mass is 14.9. The van der Waals surface area contributed by atoms with Gasteiger partial charge in [-0.2, -0.15) is 0 Å². The van der Waals surface area contributed by atoms with Gasteiger partial charge in [0.15, 0.2) is 0 Å². The fraction of sp³-hybridized carbons (Fsp3) is 0.647. The quantitative estimate of drug-likeness (QED) is 0.681. The summed E-state index contributed by atoms with van der Waals surface area (Å²) in [5.41, 5.74) is 3.00. The Morgan fingerprint density at radius 2 is 1.89 bits per heavy atom. The van der Waals surface area contributed by atoms with Crippen LogP contribution in [0.2, 0.25) is 0 Å². The van der Waals surface area contributed by atoms with E-state index in [9.17, 15) is 0 Å². The summed E-state index contributed by atoms with van der Waals surface area (Å²) in [7, 11) is 2.08.